The molecule has 1 unspecified atom stereocenters. The number of likely N-dealkylation sites (tertiary alicyclic amines) is 1. The number of carbonyl (C=O) groups is 1. The van der Waals surface area contributed by atoms with Crippen molar-refractivity contribution in [2.75, 3.05) is 13.1 Å². The van der Waals surface area contributed by atoms with Crippen molar-refractivity contribution in [2.24, 2.45) is 0 Å². The maximum Gasteiger partial charge on any atom is 0.245 e. The van der Waals surface area contributed by atoms with Crippen molar-refractivity contribution in [3.05, 3.63) is 33.8 Å². The van der Waals surface area contributed by atoms with E-state index in [2.05, 4.69) is 0 Å². The van der Waals surface area contributed by atoms with Crippen molar-refractivity contribution in [1.82, 2.24) is 4.90 Å². The topological polar surface area (TPSA) is 20.3 Å². The highest BCUT2D eigenvalue weighted by Crippen LogP contribution is 2.34. The molecule has 0 N–H and O–H groups in total. The van der Waals surface area contributed by atoms with E-state index in [0.29, 0.717) is 15.6 Å². The molecule has 1 atom stereocenters. The standard InChI is InChI=1S/C12H12Cl3NO/c13-9-5-3-4-8(10(9)14)11(15)12(17)16-6-1-2-7-16/h3-5,11H,1-2,6-7H2. The normalized spacial score (nSPS) is 17.2. The molecule has 1 amide bonds. The highest BCUT2D eigenvalue weighted by molar-refractivity contribution is 6.43. The Bertz CT molecular complexity index is 430. The number of amides is 1. The lowest BCUT2D eigenvalue weighted by atomic mass is 10.1. The molecule has 1 saturated heterocycles. The summed E-state index contributed by atoms with van der Waals surface area (Å²) in [5.74, 6) is -0.0895. The van der Waals surface area contributed by atoms with Crippen LogP contribution >= 0.6 is 34.8 Å². The second kappa shape index (κ2) is 5.47. The third-order valence-corrected chi connectivity index (χ3v) is 4.14. The predicted octanol–water partition coefficient (Wildman–Crippen LogP) is 3.90. The van der Waals surface area contributed by atoms with Crippen LogP contribution in [0.15, 0.2) is 18.2 Å². The van der Waals surface area contributed by atoms with Gasteiger partial charge in [-0.1, -0.05) is 35.3 Å². The molecule has 1 fully saturated rings. The molecule has 0 spiro atoms. The highest BCUT2D eigenvalue weighted by Gasteiger charge is 2.27. The summed E-state index contributed by atoms with van der Waals surface area (Å²) in [5, 5.41) is 0.0325. The lowest BCUT2D eigenvalue weighted by Gasteiger charge is -2.20. The van der Waals surface area contributed by atoms with Gasteiger partial charge < -0.3 is 4.90 Å². The molecule has 0 aromatic heterocycles. The Hall–Kier alpha value is -0.440. The van der Waals surface area contributed by atoms with E-state index in [4.69, 9.17) is 34.8 Å². The van der Waals surface area contributed by atoms with Crippen molar-refractivity contribution in [3.63, 3.8) is 0 Å². The zero-order chi connectivity index (χ0) is 12.4. The van der Waals surface area contributed by atoms with Crippen LogP contribution in [0.5, 0.6) is 0 Å². The van der Waals surface area contributed by atoms with Gasteiger partial charge in [-0.2, -0.15) is 0 Å². The molecule has 0 aliphatic carbocycles. The summed E-state index contributed by atoms with van der Waals surface area (Å²) in [4.78, 5) is 13.9. The van der Waals surface area contributed by atoms with Crippen LogP contribution in [0, 0.1) is 0 Å². The molecular weight excluding hydrogens is 280 g/mol. The van der Waals surface area contributed by atoms with Gasteiger partial charge in [0.2, 0.25) is 5.91 Å². The first-order valence-corrected chi connectivity index (χ1v) is 6.67. The SMILES string of the molecule is O=C(C(Cl)c1cccc(Cl)c1Cl)N1CCCC1. The van der Waals surface area contributed by atoms with Gasteiger partial charge in [-0.05, 0) is 24.5 Å². The predicted molar refractivity (Wildman–Crippen MR) is 70.9 cm³/mol. The molecule has 1 aliphatic rings. The monoisotopic (exact) mass is 291 g/mol. The third-order valence-electron chi connectivity index (χ3n) is 2.89. The molecular formula is C12H12Cl3NO. The van der Waals surface area contributed by atoms with Gasteiger partial charge in [0.25, 0.3) is 0 Å². The van der Waals surface area contributed by atoms with E-state index in [1.54, 1.807) is 23.1 Å². The fourth-order valence-electron chi connectivity index (χ4n) is 1.95. The molecule has 1 aromatic rings. The zero-order valence-electron chi connectivity index (χ0n) is 9.13. The van der Waals surface area contributed by atoms with Gasteiger partial charge in [0.05, 0.1) is 10.0 Å². The van der Waals surface area contributed by atoms with Crippen LogP contribution in [0.25, 0.3) is 0 Å². The largest absolute Gasteiger partial charge is 0.341 e. The summed E-state index contributed by atoms with van der Waals surface area (Å²) >= 11 is 18.1. The Morgan fingerprint density at radius 1 is 1.24 bits per heavy atom. The van der Waals surface area contributed by atoms with E-state index in [-0.39, 0.29) is 5.91 Å². The second-order valence-corrected chi connectivity index (χ2v) is 5.26. The Morgan fingerprint density at radius 3 is 2.53 bits per heavy atom. The first kappa shape index (κ1) is 13.0. The van der Waals surface area contributed by atoms with Gasteiger partial charge >= 0.3 is 0 Å². The number of nitrogens with zero attached hydrogens (tertiary/aromatic N) is 1. The van der Waals surface area contributed by atoms with Crippen LogP contribution in [0.1, 0.15) is 23.8 Å². The first-order valence-electron chi connectivity index (χ1n) is 5.48. The Morgan fingerprint density at radius 2 is 1.88 bits per heavy atom. The maximum absolute atomic E-state index is 12.1. The second-order valence-electron chi connectivity index (χ2n) is 4.04. The van der Waals surface area contributed by atoms with Crippen molar-refractivity contribution < 1.29 is 4.79 Å². The number of halogens is 3. The fraction of sp³-hybridized carbons (Fsp3) is 0.417. The van der Waals surface area contributed by atoms with Gasteiger partial charge in [0.1, 0.15) is 5.38 Å². The average molecular weight is 293 g/mol. The minimum atomic E-state index is -0.751. The molecule has 0 bridgehead atoms. The van der Waals surface area contributed by atoms with Crippen molar-refractivity contribution in [1.29, 1.82) is 0 Å². The molecule has 2 nitrogen and oxygen atoms in total. The number of carbonyl (C=O) groups excluding carboxylic acids is 1. The summed E-state index contributed by atoms with van der Waals surface area (Å²) in [7, 11) is 0. The van der Waals surface area contributed by atoms with Gasteiger partial charge in [0, 0.05) is 13.1 Å². The number of alkyl halides is 1. The molecule has 92 valence electrons. The molecule has 5 heteroatoms. The van der Waals surface area contributed by atoms with E-state index in [0.717, 1.165) is 25.9 Å². The Balaban J connectivity index is 2.21. The number of hydrogen-bond acceptors (Lipinski definition) is 1. The van der Waals surface area contributed by atoms with Gasteiger partial charge in [-0.25, -0.2) is 0 Å². The molecule has 0 saturated carbocycles. The molecule has 1 aromatic carbocycles. The minimum Gasteiger partial charge on any atom is -0.341 e. The fourth-order valence-corrected chi connectivity index (χ4v) is 2.74. The average Bonchev–Trinajstić information content (AvgIpc) is 2.84. The van der Waals surface area contributed by atoms with Gasteiger partial charge in [-0.3, -0.25) is 4.79 Å². The zero-order valence-corrected chi connectivity index (χ0v) is 11.4. The van der Waals surface area contributed by atoms with E-state index in [1.165, 1.54) is 0 Å². The molecule has 17 heavy (non-hydrogen) atoms. The van der Waals surface area contributed by atoms with Crippen molar-refractivity contribution in [2.45, 2.75) is 18.2 Å². The van der Waals surface area contributed by atoms with Gasteiger partial charge in [-0.15, -0.1) is 11.6 Å². The highest BCUT2D eigenvalue weighted by atomic mass is 35.5. The number of benzene rings is 1. The number of hydrogen-bond donors (Lipinski definition) is 0. The molecule has 0 radical (unpaired) electrons. The number of rotatable bonds is 2. The van der Waals surface area contributed by atoms with Crippen LogP contribution in [0.3, 0.4) is 0 Å². The molecule has 1 heterocycles. The summed E-state index contributed by atoms with van der Waals surface area (Å²) in [5.41, 5.74) is 0.581. The lowest BCUT2D eigenvalue weighted by molar-refractivity contribution is -0.129. The van der Waals surface area contributed by atoms with Crippen LogP contribution in [0.2, 0.25) is 10.0 Å². The van der Waals surface area contributed by atoms with Crippen LogP contribution < -0.4 is 0 Å². The van der Waals surface area contributed by atoms with Crippen molar-refractivity contribution >= 4 is 40.7 Å². The van der Waals surface area contributed by atoms with E-state index in [9.17, 15) is 4.79 Å². The van der Waals surface area contributed by atoms with Crippen LogP contribution in [-0.4, -0.2) is 23.9 Å². The quantitative estimate of drug-likeness (QED) is 0.757. The van der Waals surface area contributed by atoms with E-state index in [1.807, 2.05) is 0 Å². The molecule has 1 aliphatic heterocycles. The summed E-state index contributed by atoms with van der Waals surface area (Å²) < 4.78 is 0. The van der Waals surface area contributed by atoms with E-state index < -0.39 is 5.38 Å². The van der Waals surface area contributed by atoms with Crippen LogP contribution in [0.4, 0.5) is 0 Å². The van der Waals surface area contributed by atoms with Crippen LogP contribution in [-0.2, 0) is 4.79 Å². The van der Waals surface area contributed by atoms with Crippen molar-refractivity contribution in [3.8, 4) is 0 Å². The summed E-state index contributed by atoms with van der Waals surface area (Å²) in [6.45, 7) is 1.56. The first-order chi connectivity index (χ1) is 8.11. The molecule has 2 rings (SSSR count). The summed E-state index contributed by atoms with van der Waals surface area (Å²) in [6, 6.07) is 5.16. The summed E-state index contributed by atoms with van der Waals surface area (Å²) in [6.07, 6.45) is 2.08. The van der Waals surface area contributed by atoms with E-state index >= 15 is 0 Å². The minimum absolute atomic E-state index is 0.0895. The lowest BCUT2D eigenvalue weighted by Crippen LogP contribution is -2.30. The third kappa shape index (κ3) is 2.70. The smallest absolute Gasteiger partial charge is 0.245 e. The maximum atomic E-state index is 12.1. The Labute approximate surface area is 115 Å². The van der Waals surface area contributed by atoms with Gasteiger partial charge in [0.15, 0.2) is 0 Å². The Kier molecular flexibility index (Phi) is 4.18.